The predicted molar refractivity (Wildman–Crippen MR) is 83.9 cm³/mol. The lowest BCUT2D eigenvalue weighted by atomic mass is 9.81. The van der Waals surface area contributed by atoms with E-state index in [4.69, 9.17) is 12.2 Å². The van der Waals surface area contributed by atoms with Gasteiger partial charge in [-0.15, -0.1) is 18.8 Å². The zero-order valence-electron chi connectivity index (χ0n) is 11.4. The first-order valence-corrected chi connectivity index (χ1v) is 7.12. The average molecular weight is 320 g/mol. The van der Waals surface area contributed by atoms with Gasteiger partial charge in [-0.3, -0.25) is 0 Å². The largest absolute Gasteiger partial charge is 0.561 e. The lowest BCUT2D eigenvalue weighted by Gasteiger charge is -2.18. The molecular weight excluding hydrogens is 309 g/mol. The summed E-state index contributed by atoms with van der Waals surface area (Å²) < 4.78 is 12.4. The van der Waals surface area contributed by atoms with Crippen LogP contribution in [0.15, 0.2) is 35.8 Å². The number of fused-ring (bicyclic) bond motifs is 1. The third-order valence-corrected chi connectivity index (χ3v) is 4.07. The van der Waals surface area contributed by atoms with E-state index in [0.29, 0.717) is 3.95 Å². The summed E-state index contributed by atoms with van der Waals surface area (Å²) in [4.78, 5) is 23.1. The van der Waals surface area contributed by atoms with E-state index in [-0.39, 0.29) is 5.47 Å². The normalized spacial score (nSPS) is 11.4. The zero-order chi connectivity index (χ0) is 15.4. The molecule has 2 aromatic rings. The molecule has 0 aliphatic rings. The van der Waals surface area contributed by atoms with Crippen LogP contribution in [-0.4, -0.2) is 38.1 Å². The van der Waals surface area contributed by atoms with Crippen molar-refractivity contribution in [2.24, 2.45) is 0 Å². The number of thiazole rings is 1. The second-order valence-electron chi connectivity index (χ2n) is 3.95. The number of ether oxygens (including phenoxy) is 2. The molecule has 0 bridgehead atoms. The van der Waals surface area contributed by atoms with Crippen molar-refractivity contribution < 1.29 is 19.1 Å². The van der Waals surface area contributed by atoms with E-state index in [1.807, 2.05) is 24.3 Å². The Bertz CT molecular complexity index is 778. The minimum absolute atomic E-state index is 0.0593. The van der Waals surface area contributed by atoms with Crippen LogP contribution in [0.5, 0.6) is 0 Å². The van der Waals surface area contributed by atoms with Crippen molar-refractivity contribution in [3.8, 4) is 0 Å². The summed E-state index contributed by atoms with van der Waals surface area (Å²) in [6.07, 6.45) is 1.07. The van der Waals surface area contributed by atoms with E-state index >= 15 is 0 Å². The fourth-order valence-electron chi connectivity index (χ4n) is 1.70. The number of aromatic nitrogens is 1. The number of carbonyl (C=O) groups is 2. The quantitative estimate of drug-likeness (QED) is 0.284. The van der Waals surface area contributed by atoms with Crippen LogP contribution in [-0.2, 0) is 19.1 Å². The molecule has 3 radical (unpaired) electrons. The van der Waals surface area contributed by atoms with Crippen LogP contribution >= 0.6 is 23.6 Å². The summed E-state index contributed by atoms with van der Waals surface area (Å²) in [7, 11) is 3.95. The maximum absolute atomic E-state index is 11.8. The molecule has 0 atom stereocenters. The molecule has 0 N–H and O–H groups in total. The molecule has 0 unspecified atom stereocenters. The van der Waals surface area contributed by atoms with Gasteiger partial charge in [0.25, 0.3) is 0 Å². The SMILES string of the molecule is COC(=O)/C=C(/[B-]n1c(=S)sc2ccccc21)C(=[O+])OC. The molecule has 8 heteroatoms. The van der Waals surface area contributed by atoms with Gasteiger partial charge in [0.05, 0.1) is 7.11 Å². The molecule has 21 heavy (non-hydrogen) atoms. The Balaban J connectivity index is 2.46. The van der Waals surface area contributed by atoms with Crippen LogP contribution in [0.25, 0.3) is 10.2 Å². The second-order valence-corrected chi connectivity index (χ2v) is 5.62. The number of carbonyl (C=O) groups excluding carboxylic acids is 2. The molecule has 1 heterocycles. The molecule has 1 aromatic heterocycles. The Morgan fingerprint density at radius 3 is 2.76 bits per heavy atom. The molecule has 0 saturated carbocycles. The highest BCUT2D eigenvalue weighted by molar-refractivity contribution is 7.73. The predicted octanol–water partition coefficient (Wildman–Crippen LogP) is 2.13. The Labute approximate surface area is 131 Å². The van der Waals surface area contributed by atoms with Crippen LogP contribution in [0.3, 0.4) is 0 Å². The van der Waals surface area contributed by atoms with Crippen LogP contribution < -0.4 is 0 Å². The Hall–Kier alpha value is -1.93. The monoisotopic (exact) mass is 320 g/mol. The highest BCUT2D eigenvalue weighted by Crippen LogP contribution is 2.22. The standard InChI is InChI=1S/C13H11BNO4S2/c1-18-11(16)7-8(12(17)19-2)14-15-9-5-3-4-6-10(9)21-13(15)20/h3-7H,1-2H3/b8-7+. The van der Waals surface area contributed by atoms with Gasteiger partial charge in [0.15, 0.2) is 7.11 Å². The van der Waals surface area contributed by atoms with Crippen molar-refractivity contribution in [2.75, 3.05) is 14.2 Å². The van der Waals surface area contributed by atoms with E-state index in [0.717, 1.165) is 16.3 Å². The van der Waals surface area contributed by atoms with Crippen LogP contribution in [0.4, 0.5) is 0 Å². The van der Waals surface area contributed by atoms with Gasteiger partial charge < -0.3 is 14.0 Å². The molecule has 0 aliphatic carbocycles. The van der Waals surface area contributed by atoms with Crippen LogP contribution in [0, 0.1) is 3.95 Å². The number of benzene rings is 1. The van der Waals surface area contributed by atoms with E-state index in [9.17, 15) is 9.59 Å². The lowest BCUT2D eigenvalue weighted by Crippen LogP contribution is -2.19. The minimum atomic E-state index is -0.641. The molecule has 5 nitrogen and oxygen atoms in total. The summed E-state index contributed by atoms with van der Waals surface area (Å²) in [6.45, 7) is 0. The van der Waals surface area contributed by atoms with Gasteiger partial charge in [-0.1, -0.05) is 29.8 Å². The van der Waals surface area contributed by atoms with Gasteiger partial charge in [0.1, 0.15) is 3.95 Å². The van der Waals surface area contributed by atoms with Gasteiger partial charge in [0.2, 0.25) is 0 Å². The number of hydrogen-bond donors (Lipinski definition) is 0. The molecule has 1 aromatic carbocycles. The fraction of sp³-hybridized carbons (Fsp3) is 0.154. The van der Waals surface area contributed by atoms with Gasteiger partial charge in [0, 0.05) is 15.0 Å². The number of methoxy groups -OCH3 is 2. The van der Waals surface area contributed by atoms with Gasteiger partial charge in [-0.05, 0) is 18.2 Å². The molecule has 0 saturated heterocycles. The molecule has 0 aliphatic heterocycles. The Morgan fingerprint density at radius 2 is 2.10 bits per heavy atom. The average Bonchev–Trinajstić information content (AvgIpc) is 2.81. The van der Waals surface area contributed by atoms with E-state index in [2.05, 4.69) is 9.47 Å². The molecule has 0 fully saturated rings. The minimum Gasteiger partial charge on any atom is -0.561 e. The number of hydrogen-bond acceptors (Lipinski definition) is 6. The highest BCUT2D eigenvalue weighted by Gasteiger charge is 2.14. The molecular formula is C13H11BNO4S2. The van der Waals surface area contributed by atoms with Crippen molar-refractivity contribution in [3.63, 3.8) is 0 Å². The van der Waals surface area contributed by atoms with E-state index in [1.54, 1.807) is 4.48 Å². The van der Waals surface area contributed by atoms with Crippen molar-refractivity contribution in [2.45, 2.75) is 0 Å². The first kappa shape index (κ1) is 15.5. The first-order valence-electron chi connectivity index (χ1n) is 5.89. The van der Waals surface area contributed by atoms with E-state index in [1.165, 1.54) is 33.0 Å². The van der Waals surface area contributed by atoms with Gasteiger partial charge in [-0.2, -0.15) is 0 Å². The van der Waals surface area contributed by atoms with Crippen molar-refractivity contribution in [1.82, 2.24) is 4.48 Å². The number of nitrogens with zero attached hydrogens (tertiary/aromatic N) is 1. The number of para-hydroxylation sites is 1. The summed E-state index contributed by atoms with van der Waals surface area (Å²) in [5.74, 6) is -1.28. The summed E-state index contributed by atoms with van der Waals surface area (Å²) in [5, 5.41) is 0. The van der Waals surface area contributed by atoms with Gasteiger partial charge >= 0.3 is 11.9 Å². The number of esters is 2. The third kappa shape index (κ3) is 3.40. The Morgan fingerprint density at radius 1 is 1.38 bits per heavy atom. The molecule has 2 rings (SSSR count). The molecule has 107 valence electrons. The van der Waals surface area contributed by atoms with E-state index < -0.39 is 11.9 Å². The summed E-state index contributed by atoms with van der Waals surface area (Å²) >= 11 is 6.71. The van der Waals surface area contributed by atoms with Gasteiger partial charge in [-0.25, -0.2) is 4.79 Å². The highest BCUT2D eigenvalue weighted by atomic mass is 32.1. The molecule has 0 spiro atoms. The number of rotatable bonds is 4. The summed E-state index contributed by atoms with van der Waals surface area (Å²) in [6, 6.07) is 7.59. The maximum atomic E-state index is 11.8. The maximum Gasteiger partial charge on any atom is 0.560 e. The zero-order valence-corrected chi connectivity index (χ0v) is 13.0. The molecule has 0 amide bonds. The second kappa shape index (κ2) is 6.69. The van der Waals surface area contributed by atoms with Crippen LogP contribution in [0.1, 0.15) is 0 Å². The topological polar surface area (TPSA) is 60.4 Å². The fourth-order valence-corrected chi connectivity index (χ4v) is 2.97. The third-order valence-electron chi connectivity index (χ3n) is 2.68. The van der Waals surface area contributed by atoms with Crippen molar-refractivity contribution in [3.05, 3.63) is 39.8 Å². The van der Waals surface area contributed by atoms with Crippen molar-refractivity contribution in [1.29, 1.82) is 0 Å². The van der Waals surface area contributed by atoms with Crippen LogP contribution in [0.2, 0.25) is 0 Å². The summed E-state index contributed by atoms with van der Waals surface area (Å²) in [5.41, 5.74) is 0.913. The Kier molecular flexibility index (Phi) is 4.92. The lowest BCUT2D eigenvalue weighted by molar-refractivity contribution is -0.137. The van der Waals surface area contributed by atoms with Crippen molar-refractivity contribution >= 4 is 53.1 Å². The first-order chi connectivity index (χ1) is 10.1. The smallest absolute Gasteiger partial charge is 0.560 e.